The third-order valence-electron chi connectivity index (χ3n) is 9.18. The number of nitrogens with one attached hydrogen (secondary N) is 2. The van der Waals surface area contributed by atoms with Gasteiger partial charge in [-0.2, -0.15) is 0 Å². The Morgan fingerprint density at radius 1 is 1.03 bits per heavy atom. The molecule has 5 atom stereocenters. The second kappa shape index (κ2) is 11.6. The predicted molar refractivity (Wildman–Crippen MR) is 139 cm³/mol. The summed E-state index contributed by atoms with van der Waals surface area (Å²) in [4.78, 5) is 68.2. The quantitative estimate of drug-likeness (QED) is 0.373. The Morgan fingerprint density at radius 2 is 1.68 bits per heavy atom. The van der Waals surface area contributed by atoms with Gasteiger partial charge in [-0.1, -0.05) is 46.5 Å². The van der Waals surface area contributed by atoms with E-state index in [0.29, 0.717) is 39.3 Å². The number of nitrogens with two attached hydrogens (primary N) is 1. The van der Waals surface area contributed by atoms with E-state index in [1.54, 1.807) is 9.80 Å². The molecule has 4 aliphatic rings. The van der Waals surface area contributed by atoms with Crippen molar-refractivity contribution in [2.24, 2.45) is 28.9 Å². The lowest BCUT2D eigenvalue weighted by atomic mass is 9.83. The van der Waals surface area contributed by atoms with E-state index < -0.39 is 35.7 Å². The zero-order valence-electron chi connectivity index (χ0n) is 22.9. The zero-order valence-corrected chi connectivity index (χ0v) is 22.9. The summed E-state index contributed by atoms with van der Waals surface area (Å²) in [6, 6.07) is -2.79. The fourth-order valence-electron chi connectivity index (χ4n) is 6.82. The normalized spacial score (nSPS) is 28.1. The van der Waals surface area contributed by atoms with Gasteiger partial charge >= 0.3 is 6.03 Å². The summed E-state index contributed by atoms with van der Waals surface area (Å²) in [5, 5.41) is 5.77. The number of piperidine rings is 1. The lowest BCUT2D eigenvalue weighted by Crippen LogP contribution is -2.61. The molecule has 2 saturated carbocycles. The molecule has 5 unspecified atom stereocenters. The Labute approximate surface area is 224 Å². The molecule has 38 heavy (non-hydrogen) atoms. The number of fused-ring (bicyclic) bond motifs is 1. The summed E-state index contributed by atoms with van der Waals surface area (Å²) in [5.74, 6) is -2.50. The average Bonchev–Trinajstić information content (AvgIpc) is 3.24. The van der Waals surface area contributed by atoms with E-state index in [1.807, 2.05) is 6.92 Å². The van der Waals surface area contributed by atoms with Crippen LogP contribution in [0.25, 0.3) is 0 Å². The molecule has 0 bridgehead atoms. The molecule has 2 aliphatic carbocycles. The van der Waals surface area contributed by atoms with E-state index in [0.717, 1.165) is 32.1 Å². The van der Waals surface area contributed by atoms with Crippen LogP contribution in [0.5, 0.6) is 0 Å². The van der Waals surface area contributed by atoms with Crippen LogP contribution in [0.4, 0.5) is 4.79 Å². The van der Waals surface area contributed by atoms with Crippen LogP contribution in [0, 0.1) is 23.2 Å². The van der Waals surface area contributed by atoms with E-state index in [9.17, 15) is 24.0 Å². The molecule has 2 heterocycles. The molecular weight excluding hydrogens is 490 g/mol. The Morgan fingerprint density at radius 3 is 2.29 bits per heavy atom. The van der Waals surface area contributed by atoms with Crippen molar-refractivity contribution in [3.05, 3.63) is 0 Å². The maximum Gasteiger partial charge on any atom is 0.318 e. The van der Waals surface area contributed by atoms with E-state index in [-0.39, 0.29) is 41.5 Å². The fraction of sp³-hybridized carbons (Fsp3) is 0.815. The van der Waals surface area contributed by atoms with Crippen LogP contribution in [-0.4, -0.2) is 90.3 Å². The number of morpholine rings is 1. The standard InChI is InChI=1S/C27H43N5O6/c1-4-8-18(22(33)23(28)34)29-24(35)21-19-17(27(19,2)3)15-32(21)25(36)20(16-9-6-5-7-10-16)30-26(37)31-11-13-38-14-12-31/h16-21H,4-15H2,1-3H3,(H2,28,34)(H,29,35)(H,30,37). The minimum Gasteiger partial charge on any atom is -0.378 e. The third kappa shape index (κ3) is 5.67. The third-order valence-corrected chi connectivity index (χ3v) is 9.18. The molecule has 4 N–H and O–H groups in total. The molecule has 0 aromatic heterocycles. The minimum absolute atomic E-state index is 0.000771. The number of carbonyl (C=O) groups is 5. The molecule has 0 radical (unpaired) electrons. The van der Waals surface area contributed by atoms with Gasteiger partial charge in [-0.3, -0.25) is 19.2 Å². The molecule has 5 amide bonds. The van der Waals surface area contributed by atoms with Crippen LogP contribution in [0.2, 0.25) is 0 Å². The van der Waals surface area contributed by atoms with Gasteiger partial charge in [0.1, 0.15) is 12.1 Å². The molecular formula is C27H43N5O6. The number of ketones is 1. The lowest BCUT2D eigenvalue weighted by Gasteiger charge is -2.38. The van der Waals surface area contributed by atoms with Gasteiger partial charge < -0.3 is 30.9 Å². The average molecular weight is 534 g/mol. The van der Waals surface area contributed by atoms with Gasteiger partial charge in [0.05, 0.1) is 19.3 Å². The van der Waals surface area contributed by atoms with Crippen LogP contribution in [-0.2, 0) is 23.9 Å². The van der Waals surface area contributed by atoms with Crippen molar-refractivity contribution in [3.63, 3.8) is 0 Å². The van der Waals surface area contributed by atoms with Gasteiger partial charge in [0.15, 0.2) is 0 Å². The van der Waals surface area contributed by atoms with Gasteiger partial charge in [0.2, 0.25) is 17.6 Å². The molecule has 0 aromatic rings. The summed E-state index contributed by atoms with van der Waals surface area (Å²) in [6.07, 6.45) is 5.64. The number of nitrogens with zero attached hydrogens (tertiary/aromatic N) is 2. The van der Waals surface area contributed by atoms with Crippen LogP contribution in [0.3, 0.4) is 0 Å². The number of primary amides is 1. The number of urea groups is 1. The van der Waals surface area contributed by atoms with E-state index in [2.05, 4.69) is 24.5 Å². The number of amides is 5. The predicted octanol–water partition coefficient (Wildman–Crippen LogP) is 0.799. The molecule has 4 fully saturated rings. The number of rotatable bonds is 9. The second-order valence-corrected chi connectivity index (χ2v) is 11.9. The SMILES string of the molecule is CCCC(NC(=O)C1C2C(CN1C(=O)C(NC(=O)N1CCOCC1)C1CCCCC1)C2(C)C)C(=O)C(N)=O. The van der Waals surface area contributed by atoms with Gasteiger partial charge in [-0.05, 0) is 42.4 Å². The number of ether oxygens (including phenoxy) is 1. The summed E-state index contributed by atoms with van der Waals surface area (Å²) in [6.45, 7) is 8.31. The Bertz CT molecular complexity index is 942. The second-order valence-electron chi connectivity index (χ2n) is 11.9. The monoisotopic (exact) mass is 533 g/mol. The Balaban J connectivity index is 1.55. The molecule has 2 saturated heterocycles. The van der Waals surface area contributed by atoms with Gasteiger partial charge in [-0.15, -0.1) is 0 Å². The highest BCUT2D eigenvalue weighted by molar-refractivity contribution is 6.37. The first-order chi connectivity index (χ1) is 18.1. The molecule has 212 valence electrons. The number of hydrogen-bond acceptors (Lipinski definition) is 6. The summed E-state index contributed by atoms with van der Waals surface area (Å²) in [5.41, 5.74) is 5.10. The summed E-state index contributed by atoms with van der Waals surface area (Å²) >= 11 is 0. The molecule has 4 rings (SSSR count). The Hall–Kier alpha value is -2.69. The highest BCUT2D eigenvalue weighted by Gasteiger charge is 2.69. The topological polar surface area (TPSA) is 151 Å². The van der Waals surface area contributed by atoms with Crippen molar-refractivity contribution in [3.8, 4) is 0 Å². The maximum absolute atomic E-state index is 14.2. The van der Waals surface area contributed by atoms with E-state index in [4.69, 9.17) is 10.5 Å². The molecule has 0 aromatic carbocycles. The lowest BCUT2D eigenvalue weighted by molar-refractivity contribution is -0.144. The number of Topliss-reactive ketones (excluding diaryl/α,β-unsaturated/α-hetero) is 1. The molecule has 0 spiro atoms. The molecule has 2 aliphatic heterocycles. The molecule has 11 nitrogen and oxygen atoms in total. The highest BCUT2D eigenvalue weighted by atomic mass is 16.5. The first-order valence-corrected chi connectivity index (χ1v) is 14.2. The van der Waals surface area contributed by atoms with E-state index in [1.165, 1.54) is 0 Å². The van der Waals surface area contributed by atoms with Crippen molar-refractivity contribution < 1.29 is 28.7 Å². The Kier molecular flexibility index (Phi) is 8.64. The first kappa shape index (κ1) is 28.3. The van der Waals surface area contributed by atoms with Crippen molar-refractivity contribution in [1.82, 2.24) is 20.4 Å². The number of carbonyl (C=O) groups excluding carboxylic acids is 5. The summed E-state index contributed by atoms with van der Waals surface area (Å²) in [7, 11) is 0. The summed E-state index contributed by atoms with van der Waals surface area (Å²) < 4.78 is 5.36. The zero-order chi connectivity index (χ0) is 27.6. The molecule has 11 heteroatoms. The van der Waals surface area contributed by atoms with Crippen molar-refractivity contribution in [2.75, 3.05) is 32.8 Å². The van der Waals surface area contributed by atoms with Crippen LogP contribution in [0.1, 0.15) is 65.7 Å². The van der Waals surface area contributed by atoms with Crippen molar-refractivity contribution in [2.45, 2.75) is 83.8 Å². The van der Waals surface area contributed by atoms with Crippen molar-refractivity contribution in [1.29, 1.82) is 0 Å². The van der Waals surface area contributed by atoms with Gasteiger partial charge in [-0.25, -0.2) is 4.79 Å². The van der Waals surface area contributed by atoms with Crippen LogP contribution < -0.4 is 16.4 Å². The van der Waals surface area contributed by atoms with E-state index >= 15 is 0 Å². The largest absolute Gasteiger partial charge is 0.378 e. The fourth-order valence-corrected chi connectivity index (χ4v) is 6.82. The minimum atomic E-state index is -1.09. The van der Waals surface area contributed by atoms with Crippen molar-refractivity contribution >= 4 is 29.5 Å². The van der Waals surface area contributed by atoms with Crippen LogP contribution >= 0.6 is 0 Å². The first-order valence-electron chi connectivity index (χ1n) is 14.2. The van der Waals surface area contributed by atoms with Crippen LogP contribution in [0.15, 0.2) is 0 Å². The number of hydrogen-bond donors (Lipinski definition) is 3. The number of likely N-dealkylation sites (tertiary alicyclic amines) is 1. The van der Waals surface area contributed by atoms with Gasteiger partial charge in [0.25, 0.3) is 5.91 Å². The highest BCUT2D eigenvalue weighted by Crippen LogP contribution is 2.65. The maximum atomic E-state index is 14.2. The van der Waals surface area contributed by atoms with Gasteiger partial charge in [0, 0.05) is 19.6 Å². The smallest absolute Gasteiger partial charge is 0.318 e.